The first-order valence-corrected chi connectivity index (χ1v) is 10.6. The van der Waals surface area contributed by atoms with E-state index in [0.29, 0.717) is 22.0 Å². The second-order valence-electron chi connectivity index (χ2n) is 7.47. The first-order valence-electron chi connectivity index (χ1n) is 9.81. The van der Waals surface area contributed by atoms with E-state index < -0.39 is 6.04 Å². The Balaban J connectivity index is 2.36. The Labute approximate surface area is 183 Å². The topological polar surface area (TPSA) is 49.4 Å². The van der Waals surface area contributed by atoms with Gasteiger partial charge in [-0.05, 0) is 44.9 Å². The lowest BCUT2D eigenvalue weighted by molar-refractivity contribution is -0.141. The van der Waals surface area contributed by atoms with Crippen LogP contribution in [0, 0.1) is 6.92 Å². The summed E-state index contributed by atoms with van der Waals surface area (Å²) in [7, 11) is 0. The van der Waals surface area contributed by atoms with Crippen LogP contribution in [-0.4, -0.2) is 28.8 Å². The number of rotatable bonds is 8. The van der Waals surface area contributed by atoms with E-state index in [1.54, 1.807) is 23.1 Å². The number of aryl methyl sites for hydroxylation is 1. The number of carbonyl (C=O) groups excluding carboxylic acids is 2. The minimum Gasteiger partial charge on any atom is -0.352 e. The number of nitrogens with zero attached hydrogens (tertiary/aromatic N) is 1. The summed E-state index contributed by atoms with van der Waals surface area (Å²) in [6.45, 7) is 7.86. The fourth-order valence-electron chi connectivity index (χ4n) is 3.14. The zero-order chi connectivity index (χ0) is 21.6. The maximum Gasteiger partial charge on any atom is 0.243 e. The molecule has 0 fully saturated rings. The zero-order valence-corrected chi connectivity index (χ0v) is 18.8. The van der Waals surface area contributed by atoms with Gasteiger partial charge in [0.1, 0.15) is 6.04 Å². The largest absolute Gasteiger partial charge is 0.352 e. The van der Waals surface area contributed by atoms with Crippen LogP contribution >= 0.6 is 23.2 Å². The van der Waals surface area contributed by atoms with Gasteiger partial charge in [-0.3, -0.25) is 9.59 Å². The van der Waals surface area contributed by atoms with Gasteiger partial charge < -0.3 is 10.2 Å². The molecule has 0 saturated carbocycles. The van der Waals surface area contributed by atoms with E-state index in [1.807, 2.05) is 52.0 Å². The van der Waals surface area contributed by atoms with E-state index in [1.165, 1.54) is 0 Å². The van der Waals surface area contributed by atoms with E-state index in [9.17, 15) is 9.59 Å². The van der Waals surface area contributed by atoms with Gasteiger partial charge in [0.2, 0.25) is 11.8 Å². The smallest absolute Gasteiger partial charge is 0.243 e. The van der Waals surface area contributed by atoms with Gasteiger partial charge in [-0.15, -0.1) is 0 Å². The van der Waals surface area contributed by atoms with E-state index in [2.05, 4.69) is 5.32 Å². The molecule has 2 rings (SSSR count). The second kappa shape index (κ2) is 10.7. The van der Waals surface area contributed by atoms with Crippen molar-refractivity contribution < 1.29 is 9.59 Å². The third-order valence-electron chi connectivity index (χ3n) is 4.68. The normalized spacial score (nSPS) is 12.0. The lowest BCUT2D eigenvalue weighted by Gasteiger charge is -2.32. The summed E-state index contributed by atoms with van der Waals surface area (Å²) in [5.74, 6) is -0.321. The molecule has 0 aliphatic carbocycles. The molecule has 0 radical (unpaired) electrons. The first kappa shape index (κ1) is 23.2. The fourth-order valence-corrected chi connectivity index (χ4v) is 3.65. The van der Waals surface area contributed by atoms with Crippen molar-refractivity contribution in [3.05, 3.63) is 69.2 Å². The van der Waals surface area contributed by atoms with Gasteiger partial charge in [0.05, 0.1) is 6.42 Å². The maximum atomic E-state index is 13.3. The van der Waals surface area contributed by atoms with Crippen LogP contribution in [0.4, 0.5) is 0 Å². The standard InChI is InChI=1S/C23H28Cl2N2O2/c1-5-21(23(29)26-15(2)3)27(14-18-19(24)7-6-8-20(18)25)22(28)13-17-11-9-16(4)10-12-17/h6-12,15,21H,5,13-14H2,1-4H3,(H,26,29)/t21-/m0/s1. The molecule has 2 amide bonds. The van der Waals surface area contributed by atoms with Crippen molar-refractivity contribution >= 4 is 35.0 Å². The van der Waals surface area contributed by atoms with E-state index in [0.717, 1.165) is 11.1 Å². The number of halogens is 2. The molecule has 0 aliphatic rings. The molecule has 0 spiro atoms. The number of hydrogen-bond donors (Lipinski definition) is 1. The Morgan fingerprint density at radius 2 is 1.62 bits per heavy atom. The molecule has 29 heavy (non-hydrogen) atoms. The predicted octanol–water partition coefficient (Wildman–Crippen LogP) is 5.18. The van der Waals surface area contributed by atoms with Crippen LogP contribution in [0.25, 0.3) is 0 Å². The van der Waals surface area contributed by atoms with Crippen molar-refractivity contribution in [2.45, 2.75) is 59.2 Å². The SMILES string of the molecule is CC[C@@H](C(=O)NC(C)C)N(Cc1c(Cl)cccc1Cl)C(=O)Cc1ccc(C)cc1. The van der Waals surface area contributed by atoms with Crippen molar-refractivity contribution in [3.63, 3.8) is 0 Å². The Hall–Kier alpha value is -2.04. The van der Waals surface area contributed by atoms with Crippen molar-refractivity contribution in [2.75, 3.05) is 0 Å². The molecule has 1 atom stereocenters. The Morgan fingerprint density at radius 1 is 1.03 bits per heavy atom. The molecule has 0 aromatic heterocycles. The van der Waals surface area contributed by atoms with Crippen molar-refractivity contribution in [1.29, 1.82) is 0 Å². The first-order chi connectivity index (χ1) is 13.7. The van der Waals surface area contributed by atoms with Crippen LogP contribution in [0.5, 0.6) is 0 Å². The monoisotopic (exact) mass is 434 g/mol. The summed E-state index contributed by atoms with van der Waals surface area (Å²) < 4.78 is 0. The molecule has 0 bridgehead atoms. The Kier molecular flexibility index (Phi) is 8.54. The predicted molar refractivity (Wildman–Crippen MR) is 119 cm³/mol. The highest BCUT2D eigenvalue weighted by Gasteiger charge is 2.30. The average molecular weight is 435 g/mol. The molecule has 2 aromatic carbocycles. The molecular weight excluding hydrogens is 407 g/mol. The van der Waals surface area contributed by atoms with Crippen LogP contribution in [0.2, 0.25) is 10.0 Å². The minimum atomic E-state index is -0.609. The van der Waals surface area contributed by atoms with Gasteiger partial charge in [0.15, 0.2) is 0 Å². The lowest BCUT2D eigenvalue weighted by Crippen LogP contribution is -2.50. The van der Waals surface area contributed by atoms with E-state index in [-0.39, 0.29) is 30.8 Å². The average Bonchev–Trinajstić information content (AvgIpc) is 2.65. The fraction of sp³-hybridized carbons (Fsp3) is 0.391. The molecule has 4 nitrogen and oxygen atoms in total. The molecule has 1 N–H and O–H groups in total. The number of amides is 2. The van der Waals surface area contributed by atoms with Crippen molar-refractivity contribution in [2.24, 2.45) is 0 Å². The van der Waals surface area contributed by atoms with Crippen LogP contribution in [0.1, 0.15) is 43.9 Å². The summed E-state index contributed by atoms with van der Waals surface area (Å²) in [6.07, 6.45) is 0.689. The van der Waals surface area contributed by atoms with Gasteiger partial charge in [0, 0.05) is 28.2 Å². The number of nitrogens with one attached hydrogen (secondary N) is 1. The molecule has 0 heterocycles. The van der Waals surface area contributed by atoms with Gasteiger partial charge in [-0.25, -0.2) is 0 Å². The van der Waals surface area contributed by atoms with Crippen LogP contribution in [0.15, 0.2) is 42.5 Å². The summed E-state index contributed by atoms with van der Waals surface area (Å²) in [5, 5.41) is 3.87. The Morgan fingerprint density at radius 3 is 2.14 bits per heavy atom. The number of benzene rings is 2. The molecule has 6 heteroatoms. The molecule has 0 saturated heterocycles. The molecular formula is C23H28Cl2N2O2. The van der Waals surface area contributed by atoms with Crippen LogP contribution in [-0.2, 0) is 22.6 Å². The summed E-state index contributed by atoms with van der Waals surface area (Å²) in [5.41, 5.74) is 2.67. The summed E-state index contributed by atoms with van der Waals surface area (Å²) in [6, 6.07) is 12.4. The van der Waals surface area contributed by atoms with Gasteiger partial charge in [-0.1, -0.05) is 66.0 Å². The highest BCUT2D eigenvalue weighted by atomic mass is 35.5. The van der Waals surface area contributed by atoms with E-state index in [4.69, 9.17) is 23.2 Å². The maximum absolute atomic E-state index is 13.3. The third-order valence-corrected chi connectivity index (χ3v) is 5.39. The minimum absolute atomic E-state index is 0.0190. The molecule has 0 aliphatic heterocycles. The highest BCUT2D eigenvalue weighted by Crippen LogP contribution is 2.27. The second-order valence-corrected chi connectivity index (χ2v) is 8.29. The lowest BCUT2D eigenvalue weighted by atomic mass is 10.1. The summed E-state index contributed by atoms with van der Waals surface area (Å²) >= 11 is 12.7. The van der Waals surface area contributed by atoms with Gasteiger partial charge in [0.25, 0.3) is 0 Å². The Bertz CT molecular complexity index is 830. The van der Waals surface area contributed by atoms with E-state index >= 15 is 0 Å². The molecule has 2 aromatic rings. The molecule has 0 unspecified atom stereocenters. The van der Waals surface area contributed by atoms with Gasteiger partial charge >= 0.3 is 0 Å². The van der Waals surface area contributed by atoms with Crippen LogP contribution < -0.4 is 5.32 Å². The summed E-state index contributed by atoms with van der Waals surface area (Å²) in [4.78, 5) is 27.7. The number of carbonyl (C=O) groups is 2. The van der Waals surface area contributed by atoms with Gasteiger partial charge in [-0.2, -0.15) is 0 Å². The van der Waals surface area contributed by atoms with Crippen LogP contribution in [0.3, 0.4) is 0 Å². The molecule has 156 valence electrons. The van der Waals surface area contributed by atoms with Crippen molar-refractivity contribution in [1.82, 2.24) is 10.2 Å². The number of hydrogen-bond acceptors (Lipinski definition) is 2. The third kappa shape index (κ3) is 6.48. The highest BCUT2D eigenvalue weighted by molar-refractivity contribution is 6.36. The van der Waals surface area contributed by atoms with Crippen molar-refractivity contribution in [3.8, 4) is 0 Å². The zero-order valence-electron chi connectivity index (χ0n) is 17.3. The quantitative estimate of drug-likeness (QED) is 0.622.